The van der Waals surface area contributed by atoms with Crippen molar-refractivity contribution in [1.29, 1.82) is 0 Å². The number of halogens is 3. The molecule has 3 saturated heterocycles. The van der Waals surface area contributed by atoms with Gasteiger partial charge in [0.05, 0.1) is 31.6 Å². The van der Waals surface area contributed by atoms with E-state index in [0.29, 0.717) is 0 Å². The SMILES string of the molecule is Nc1nc2c(ncn2[C@@H]2SC3OC(S)OC[C@@H]4[C@@H](COP(S)O[C@@H]2[C@H]3F)O[C@@H](n2nnc3c(N)ncnc32)C4(F)F)c(=O)[nH]1. The Morgan fingerprint density at radius 3 is 2.80 bits per heavy atom. The van der Waals surface area contributed by atoms with Crippen molar-refractivity contribution in [2.75, 3.05) is 24.7 Å². The Labute approximate surface area is 259 Å². The van der Waals surface area contributed by atoms with Crippen molar-refractivity contribution in [2.45, 2.75) is 47.0 Å². The van der Waals surface area contributed by atoms with E-state index in [1.165, 1.54) is 10.9 Å². The van der Waals surface area contributed by atoms with Gasteiger partial charge in [0.15, 0.2) is 34.3 Å². The van der Waals surface area contributed by atoms with Gasteiger partial charge in [0.1, 0.15) is 23.2 Å². The number of H-pyrrole nitrogens is 1. The molecule has 24 heteroatoms. The maximum Gasteiger partial charge on any atom is 0.301 e. The number of aromatic amines is 1. The van der Waals surface area contributed by atoms with Crippen LogP contribution in [-0.2, 0) is 23.3 Å². The molecule has 2 bridgehead atoms. The smallest absolute Gasteiger partial charge is 0.301 e. The molecule has 3 fully saturated rings. The van der Waals surface area contributed by atoms with Crippen molar-refractivity contribution in [3.63, 3.8) is 0 Å². The maximum absolute atomic E-state index is 15.9. The zero-order chi connectivity index (χ0) is 30.9. The number of rotatable bonds is 2. The molecule has 0 spiro atoms. The van der Waals surface area contributed by atoms with Crippen LogP contribution in [0.2, 0.25) is 0 Å². The highest BCUT2D eigenvalue weighted by molar-refractivity contribution is 8.41. The molecule has 44 heavy (non-hydrogen) atoms. The highest BCUT2D eigenvalue weighted by Gasteiger charge is 2.61. The van der Waals surface area contributed by atoms with Crippen LogP contribution in [0.4, 0.5) is 24.9 Å². The molecule has 7 heterocycles. The normalized spacial score (nSPS) is 34.4. The van der Waals surface area contributed by atoms with E-state index in [9.17, 15) is 4.79 Å². The molecular formula is C20H21F3N11O6PS3. The van der Waals surface area contributed by atoms with Crippen LogP contribution in [-0.4, -0.2) is 93.1 Å². The fourth-order valence-corrected chi connectivity index (χ4v) is 8.17. The van der Waals surface area contributed by atoms with Gasteiger partial charge in [0.25, 0.3) is 5.56 Å². The third-order valence-corrected chi connectivity index (χ3v) is 10.3. The number of nitrogens with two attached hydrogens (primary N) is 2. The number of nitrogens with one attached hydrogen (secondary N) is 1. The van der Waals surface area contributed by atoms with Gasteiger partial charge in [0.2, 0.25) is 25.4 Å². The molecule has 0 saturated carbocycles. The number of fused-ring (bicyclic) bond motifs is 5. The summed E-state index contributed by atoms with van der Waals surface area (Å²) in [6.07, 6.45) is -3.96. The summed E-state index contributed by atoms with van der Waals surface area (Å²) in [4.78, 5) is 30.6. The Hall–Kier alpha value is -2.50. The lowest BCUT2D eigenvalue weighted by Gasteiger charge is -2.26. The van der Waals surface area contributed by atoms with E-state index in [-0.39, 0.29) is 34.1 Å². The zero-order valence-electron chi connectivity index (χ0n) is 21.8. The number of thiol groups is 2. The number of ether oxygens (including phenoxy) is 3. The second-order valence-corrected chi connectivity index (χ2v) is 13.3. The summed E-state index contributed by atoms with van der Waals surface area (Å²) in [5.74, 6) is -5.42. The first-order chi connectivity index (χ1) is 21.0. The Morgan fingerprint density at radius 1 is 1.16 bits per heavy atom. The summed E-state index contributed by atoms with van der Waals surface area (Å²) in [5, 5.41) is 6.70. The average Bonchev–Trinajstić information content (AvgIpc) is 3.71. The fraction of sp³-hybridized carbons (Fsp3) is 0.550. The first kappa shape index (κ1) is 30.2. The number of anilines is 2. The Morgan fingerprint density at radius 2 is 1.98 bits per heavy atom. The fourth-order valence-electron chi connectivity index (χ4n) is 5.10. The summed E-state index contributed by atoms with van der Waals surface area (Å²) in [5.41, 5.74) is 8.24. The van der Waals surface area contributed by atoms with Crippen molar-refractivity contribution in [3.05, 3.63) is 23.0 Å². The molecule has 0 amide bonds. The number of aromatic nitrogens is 9. The summed E-state index contributed by atoms with van der Waals surface area (Å²) in [7, 11) is -2.17. The van der Waals surface area contributed by atoms with E-state index in [1.807, 2.05) is 0 Å². The molecule has 3 unspecified atom stereocenters. The van der Waals surface area contributed by atoms with Crippen LogP contribution in [0.1, 0.15) is 11.6 Å². The molecule has 9 atom stereocenters. The lowest BCUT2D eigenvalue weighted by molar-refractivity contribution is -0.156. The quantitative estimate of drug-likeness (QED) is 0.148. The van der Waals surface area contributed by atoms with E-state index < -0.39 is 79.2 Å². The van der Waals surface area contributed by atoms with Gasteiger partial charge in [-0.2, -0.15) is 9.67 Å². The molecular weight excluding hydrogens is 674 g/mol. The number of nitrogen functional groups attached to an aromatic ring is 2. The number of hydrogen-bond acceptors (Lipinski definition) is 17. The van der Waals surface area contributed by atoms with Gasteiger partial charge in [-0.3, -0.25) is 14.3 Å². The summed E-state index contributed by atoms with van der Waals surface area (Å²) in [6.45, 7) is -1.07. The first-order valence-corrected chi connectivity index (χ1v) is 16.4. The van der Waals surface area contributed by atoms with Gasteiger partial charge in [0, 0.05) is 0 Å². The second-order valence-electron chi connectivity index (χ2n) is 9.77. The number of imidazole rings is 1. The van der Waals surface area contributed by atoms with Crippen molar-refractivity contribution >= 4 is 78.3 Å². The van der Waals surface area contributed by atoms with E-state index >= 15 is 13.2 Å². The van der Waals surface area contributed by atoms with E-state index in [2.05, 4.69) is 60.1 Å². The molecule has 236 valence electrons. The summed E-state index contributed by atoms with van der Waals surface area (Å²) in [6, 6.07) is 0. The van der Waals surface area contributed by atoms with E-state index in [1.54, 1.807) is 0 Å². The Kier molecular flexibility index (Phi) is 7.81. The van der Waals surface area contributed by atoms with Gasteiger partial charge < -0.3 is 34.7 Å². The largest absolute Gasteiger partial charge is 0.382 e. The van der Waals surface area contributed by atoms with Crippen LogP contribution in [0, 0.1) is 5.92 Å². The molecule has 0 aromatic carbocycles. The van der Waals surface area contributed by atoms with E-state index in [4.69, 9.17) is 34.7 Å². The Balaban J connectivity index is 1.17. The second kappa shape index (κ2) is 11.4. The lowest BCUT2D eigenvalue weighted by Crippen LogP contribution is -2.39. The number of nitrogens with zero attached hydrogens (tertiary/aromatic N) is 8. The summed E-state index contributed by atoms with van der Waals surface area (Å²) >= 11 is 9.50. The van der Waals surface area contributed by atoms with Crippen LogP contribution in [0.15, 0.2) is 17.4 Å². The van der Waals surface area contributed by atoms with Crippen LogP contribution >= 0.6 is 44.2 Å². The summed E-state index contributed by atoms with van der Waals surface area (Å²) < 4.78 is 78.5. The molecule has 0 aliphatic carbocycles. The van der Waals surface area contributed by atoms with Crippen LogP contribution < -0.4 is 17.0 Å². The standard InChI is InChI=1S/C20H21F3N11O6PS3/c21-7-10-15(33-4-28-9-13(33)29-18(25)30-14(9)35)44-16(7)39-19(42)36-1-5-6(2-37-41(43)40-10)38-17(20(5,22)23)34-12-8(31-32-34)11(24)26-3-27-12/h3-7,10,15-17,19,42-43H,1-2H2,(H2,24,26,27)(H3,25,29,30,35)/t5-,6-,7-,10-,15-,16?,17-,19?,41?/m1/s1. The van der Waals surface area contributed by atoms with Gasteiger partial charge in [-0.25, -0.2) is 28.1 Å². The molecule has 7 rings (SSSR count). The minimum atomic E-state index is -3.60. The molecule has 4 aromatic heterocycles. The lowest BCUT2D eigenvalue weighted by atomic mass is 9.98. The highest BCUT2D eigenvalue weighted by atomic mass is 32.7. The van der Waals surface area contributed by atoms with Crippen LogP contribution in [0.3, 0.4) is 0 Å². The maximum atomic E-state index is 15.9. The van der Waals surface area contributed by atoms with Gasteiger partial charge >= 0.3 is 5.92 Å². The molecule has 3 aliphatic heterocycles. The van der Waals surface area contributed by atoms with Gasteiger partial charge in [-0.15, -0.1) is 17.7 Å². The average molecular weight is 696 g/mol. The molecule has 0 radical (unpaired) electrons. The van der Waals surface area contributed by atoms with Crippen molar-refractivity contribution in [1.82, 2.24) is 44.5 Å². The first-order valence-electron chi connectivity index (χ1n) is 12.6. The Bertz CT molecular complexity index is 1770. The van der Waals surface area contributed by atoms with Crippen LogP contribution in [0.5, 0.6) is 0 Å². The van der Waals surface area contributed by atoms with Crippen molar-refractivity contribution < 1.29 is 36.4 Å². The number of alkyl halides is 3. The number of thioether (sulfide) groups is 1. The molecule has 3 aliphatic rings. The van der Waals surface area contributed by atoms with Gasteiger partial charge in [-0.1, -0.05) is 29.2 Å². The minimum absolute atomic E-state index is 0.0223. The van der Waals surface area contributed by atoms with Crippen LogP contribution in [0.25, 0.3) is 22.3 Å². The van der Waals surface area contributed by atoms with E-state index in [0.717, 1.165) is 22.8 Å². The van der Waals surface area contributed by atoms with Crippen molar-refractivity contribution in [2.24, 2.45) is 5.92 Å². The highest BCUT2D eigenvalue weighted by Crippen LogP contribution is 2.56. The third kappa shape index (κ3) is 5.07. The third-order valence-electron chi connectivity index (χ3n) is 7.17. The number of hydrogen-bond donors (Lipinski definition) is 5. The molecule has 17 nitrogen and oxygen atoms in total. The minimum Gasteiger partial charge on any atom is -0.382 e. The topological polar surface area (TPSA) is 218 Å². The zero-order valence-corrected chi connectivity index (χ0v) is 25.3. The predicted molar refractivity (Wildman–Crippen MR) is 154 cm³/mol. The van der Waals surface area contributed by atoms with Crippen molar-refractivity contribution in [3.8, 4) is 0 Å². The molecule has 4 aromatic rings. The van der Waals surface area contributed by atoms with Gasteiger partial charge in [-0.05, 0) is 0 Å². The monoisotopic (exact) mass is 695 g/mol. The predicted octanol–water partition coefficient (Wildman–Crippen LogP) is 1.40. The molecule has 5 N–H and O–H groups in total.